The smallest absolute Gasteiger partial charge is 0.271 e. The minimum absolute atomic E-state index is 0.0391. The van der Waals surface area contributed by atoms with Gasteiger partial charge >= 0.3 is 0 Å². The molecule has 1 fully saturated rings. The van der Waals surface area contributed by atoms with Gasteiger partial charge in [0.2, 0.25) is 10.0 Å². The summed E-state index contributed by atoms with van der Waals surface area (Å²) >= 11 is 0. The molecule has 0 saturated carbocycles. The average molecular weight is 400 g/mol. The first-order valence-corrected chi connectivity index (χ1v) is 10.1. The van der Waals surface area contributed by atoms with Gasteiger partial charge in [0.15, 0.2) is 0 Å². The topological polar surface area (TPSA) is 119 Å². The first-order chi connectivity index (χ1) is 13.4. The zero-order chi connectivity index (χ0) is 20.1. The van der Waals surface area contributed by atoms with Crippen molar-refractivity contribution < 1.29 is 23.1 Å². The molecule has 28 heavy (non-hydrogen) atoms. The number of carboxylic acids is 1. The molecular weight excluding hydrogens is 382 g/mol. The Balaban J connectivity index is 1.68. The largest absolute Gasteiger partial charge is 0.545 e. The van der Waals surface area contributed by atoms with E-state index in [1.165, 1.54) is 59.1 Å². The molecule has 9 heteroatoms. The second-order valence-electron chi connectivity index (χ2n) is 6.25. The molecule has 0 unspecified atom stereocenters. The quantitative estimate of drug-likeness (QED) is 0.562. The Hall–Kier alpha value is -3.04. The van der Waals surface area contributed by atoms with Crippen molar-refractivity contribution >= 4 is 28.1 Å². The highest BCUT2D eigenvalue weighted by molar-refractivity contribution is 7.89. The molecule has 1 heterocycles. The van der Waals surface area contributed by atoms with Gasteiger partial charge in [-0.2, -0.15) is 9.41 Å². The molecule has 2 aromatic rings. The first-order valence-electron chi connectivity index (χ1n) is 8.63. The van der Waals surface area contributed by atoms with Gasteiger partial charge in [0, 0.05) is 18.7 Å². The molecule has 1 aliphatic heterocycles. The summed E-state index contributed by atoms with van der Waals surface area (Å²) < 4.78 is 26.6. The van der Waals surface area contributed by atoms with E-state index in [0.29, 0.717) is 18.7 Å². The van der Waals surface area contributed by atoms with Crippen LogP contribution >= 0.6 is 0 Å². The van der Waals surface area contributed by atoms with Gasteiger partial charge < -0.3 is 9.90 Å². The molecule has 1 amide bonds. The normalized spacial score (nSPS) is 15.0. The van der Waals surface area contributed by atoms with Crippen LogP contribution in [0.1, 0.15) is 39.1 Å². The molecule has 0 aliphatic carbocycles. The van der Waals surface area contributed by atoms with Crippen LogP contribution in [0.2, 0.25) is 0 Å². The van der Waals surface area contributed by atoms with Gasteiger partial charge in [0.25, 0.3) is 5.91 Å². The maximum atomic E-state index is 12.6. The number of carboxylic acid groups (broad SMARTS) is 1. The van der Waals surface area contributed by atoms with E-state index < -0.39 is 21.9 Å². The fraction of sp³-hybridized carbons (Fsp3) is 0.211. The Bertz CT molecular complexity index is 1010. The summed E-state index contributed by atoms with van der Waals surface area (Å²) in [5.74, 6) is -1.83. The Morgan fingerprint density at radius 2 is 1.71 bits per heavy atom. The number of nitrogens with one attached hydrogen (secondary N) is 1. The SMILES string of the molecule is O=C([O-])c1ccc(/C=N\NC(=O)c2cccc(S(=O)(=O)N3CCCC3)c2)cc1. The van der Waals surface area contributed by atoms with E-state index in [4.69, 9.17) is 0 Å². The maximum absolute atomic E-state index is 12.6. The second-order valence-corrected chi connectivity index (χ2v) is 8.19. The van der Waals surface area contributed by atoms with Crippen LogP contribution in [0.5, 0.6) is 0 Å². The van der Waals surface area contributed by atoms with E-state index in [0.717, 1.165) is 12.8 Å². The van der Waals surface area contributed by atoms with Crippen LogP contribution < -0.4 is 10.5 Å². The molecule has 146 valence electrons. The van der Waals surface area contributed by atoms with Gasteiger partial charge in [0.1, 0.15) is 0 Å². The molecule has 0 atom stereocenters. The molecule has 8 nitrogen and oxygen atoms in total. The molecular formula is C19H18N3O5S-. The predicted molar refractivity (Wildman–Crippen MR) is 100 cm³/mol. The summed E-state index contributed by atoms with van der Waals surface area (Å²) in [6, 6.07) is 11.6. The number of carbonyl (C=O) groups excluding carboxylic acids is 2. The third-order valence-electron chi connectivity index (χ3n) is 4.33. The molecule has 0 aromatic heterocycles. The summed E-state index contributed by atoms with van der Waals surface area (Å²) in [6.07, 6.45) is 3.01. The number of aromatic carboxylic acids is 1. The van der Waals surface area contributed by atoms with Crippen LogP contribution in [0.15, 0.2) is 58.5 Å². The molecule has 1 N–H and O–H groups in total. The van der Waals surface area contributed by atoms with Gasteiger partial charge in [-0.3, -0.25) is 4.79 Å². The summed E-state index contributed by atoms with van der Waals surface area (Å²) in [7, 11) is -3.61. The van der Waals surface area contributed by atoms with Gasteiger partial charge in [-0.25, -0.2) is 13.8 Å². The summed E-state index contributed by atoms with van der Waals surface area (Å²) in [5.41, 5.74) is 3.12. The van der Waals surface area contributed by atoms with Crippen molar-refractivity contribution in [3.63, 3.8) is 0 Å². The minimum Gasteiger partial charge on any atom is -0.545 e. The van der Waals surface area contributed by atoms with Crippen LogP contribution in [-0.4, -0.2) is 43.9 Å². The highest BCUT2D eigenvalue weighted by Crippen LogP contribution is 2.21. The number of benzene rings is 2. The number of hydrogen-bond acceptors (Lipinski definition) is 6. The summed E-state index contributed by atoms with van der Waals surface area (Å²) in [6.45, 7) is 0.972. The van der Waals surface area contributed by atoms with Gasteiger partial charge in [-0.1, -0.05) is 30.3 Å². The number of carbonyl (C=O) groups is 2. The van der Waals surface area contributed by atoms with Crippen molar-refractivity contribution in [1.82, 2.24) is 9.73 Å². The number of nitrogens with zero attached hydrogens (tertiary/aromatic N) is 2. The molecule has 3 rings (SSSR count). The molecule has 0 radical (unpaired) electrons. The number of sulfonamides is 1. The van der Waals surface area contributed by atoms with Crippen LogP contribution in [0.25, 0.3) is 0 Å². The van der Waals surface area contributed by atoms with Crippen LogP contribution in [0.4, 0.5) is 0 Å². The number of rotatable bonds is 6. The zero-order valence-electron chi connectivity index (χ0n) is 14.9. The molecule has 1 aliphatic rings. The summed E-state index contributed by atoms with van der Waals surface area (Å²) in [5, 5.41) is 14.5. The number of hydrazone groups is 1. The van der Waals surface area contributed by atoms with E-state index in [-0.39, 0.29) is 16.0 Å². The lowest BCUT2D eigenvalue weighted by Crippen LogP contribution is -2.28. The first kappa shape index (κ1) is 19.7. The monoisotopic (exact) mass is 400 g/mol. The van der Waals surface area contributed by atoms with E-state index in [9.17, 15) is 23.1 Å². The van der Waals surface area contributed by atoms with Crippen molar-refractivity contribution in [1.29, 1.82) is 0 Å². The molecule has 2 aromatic carbocycles. The lowest BCUT2D eigenvalue weighted by molar-refractivity contribution is -0.255. The van der Waals surface area contributed by atoms with Crippen molar-refractivity contribution in [3.8, 4) is 0 Å². The average Bonchev–Trinajstić information content (AvgIpc) is 3.24. The maximum Gasteiger partial charge on any atom is 0.271 e. The highest BCUT2D eigenvalue weighted by atomic mass is 32.2. The van der Waals surface area contributed by atoms with Crippen LogP contribution in [-0.2, 0) is 10.0 Å². The minimum atomic E-state index is -3.61. The predicted octanol–water partition coefficient (Wildman–Crippen LogP) is 0.598. The Morgan fingerprint density at radius 1 is 1.04 bits per heavy atom. The third kappa shape index (κ3) is 4.44. The third-order valence-corrected chi connectivity index (χ3v) is 6.22. The zero-order valence-corrected chi connectivity index (χ0v) is 15.7. The van der Waals surface area contributed by atoms with Crippen molar-refractivity contribution in [2.24, 2.45) is 5.10 Å². The fourth-order valence-electron chi connectivity index (χ4n) is 2.81. The number of amides is 1. The standard InChI is InChI=1S/C19H19N3O5S/c23-18(21-20-13-14-6-8-15(9-7-14)19(24)25)16-4-3-5-17(12-16)28(26,27)22-10-1-2-11-22/h3-9,12-13H,1-2,10-11H2,(H,21,23)(H,24,25)/p-1/b20-13-. The molecule has 0 bridgehead atoms. The van der Waals surface area contributed by atoms with Crippen molar-refractivity contribution in [3.05, 3.63) is 65.2 Å². The van der Waals surface area contributed by atoms with Gasteiger partial charge in [-0.15, -0.1) is 0 Å². The van der Waals surface area contributed by atoms with E-state index >= 15 is 0 Å². The lowest BCUT2D eigenvalue weighted by Gasteiger charge is -2.15. The van der Waals surface area contributed by atoms with Crippen molar-refractivity contribution in [2.75, 3.05) is 13.1 Å². The van der Waals surface area contributed by atoms with Gasteiger partial charge in [0.05, 0.1) is 17.1 Å². The lowest BCUT2D eigenvalue weighted by atomic mass is 10.1. The van der Waals surface area contributed by atoms with E-state index in [1.54, 1.807) is 0 Å². The van der Waals surface area contributed by atoms with E-state index in [2.05, 4.69) is 10.5 Å². The molecule has 1 saturated heterocycles. The van der Waals surface area contributed by atoms with E-state index in [1.807, 2.05) is 0 Å². The Morgan fingerprint density at radius 3 is 2.36 bits per heavy atom. The Labute approximate surface area is 162 Å². The van der Waals surface area contributed by atoms with Crippen LogP contribution in [0.3, 0.4) is 0 Å². The van der Waals surface area contributed by atoms with Crippen molar-refractivity contribution in [2.45, 2.75) is 17.7 Å². The van der Waals surface area contributed by atoms with Crippen LogP contribution in [0, 0.1) is 0 Å². The summed E-state index contributed by atoms with van der Waals surface area (Å²) in [4.78, 5) is 23.0. The highest BCUT2D eigenvalue weighted by Gasteiger charge is 2.27. The van der Waals surface area contributed by atoms with Gasteiger partial charge in [-0.05, 0) is 42.2 Å². The molecule has 0 spiro atoms. The fourth-order valence-corrected chi connectivity index (χ4v) is 4.37. The Kier molecular flexibility index (Phi) is 5.86. The second kappa shape index (κ2) is 8.32. The number of hydrogen-bond donors (Lipinski definition) is 1.